The summed E-state index contributed by atoms with van der Waals surface area (Å²) in [4.78, 5) is 50.9. The fraction of sp³-hybridized carbons (Fsp3) is 0.200. The van der Waals surface area contributed by atoms with Crippen LogP contribution in [0, 0.1) is 5.92 Å². The first-order valence-corrected chi connectivity index (χ1v) is 9.41. The number of aromatic amines is 1. The van der Waals surface area contributed by atoms with E-state index in [9.17, 15) is 19.5 Å². The number of hydrogen-bond acceptors (Lipinski definition) is 7. The zero-order valence-electron chi connectivity index (χ0n) is 16.3. The first kappa shape index (κ1) is 20.2. The van der Waals surface area contributed by atoms with E-state index in [0.29, 0.717) is 33.5 Å². The highest BCUT2D eigenvalue weighted by molar-refractivity contribution is 6.09. The maximum absolute atomic E-state index is 12.5. The molecule has 4 N–H and O–H groups in total. The van der Waals surface area contributed by atoms with Gasteiger partial charge in [0.05, 0.1) is 23.3 Å². The number of aliphatic hydroxyl groups excluding tert-OH is 1. The number of fused-ring (bicyclic) bond motifs is 1. The Morgan fingerprint density at radius 2 is 2.13 bits per heavy atom. The normalized spacial score (nSPS) is 17.9. The van der Waals surface area contributed by atoms with E-state index < -0.39 is 30.1 Å². The number of rotatable bonds is 5. The molecule has 0 fully saturated rings. The van der Waals surface area contributed by atoms with Gasteiger partial charge in [0.25, 0.3) is 0 Å². The standard InChI is InChI=1S/C20H18N6O5/c1-2-31-19(29)12-7-21-16-14(12)15(23-9-24-16)10-4-3-5-11(6-10)25-17(27)13-8-22-20(30)26-18(13)28/h3-9,13,18,28H,2H2,1H3,(H,25,27)(H,26,30)(H,21,23,24). The van der Waals surface area contributed by atoms with E-state index in [2.05, 4.69) is 30.6 Å². The minimum absolute atomic E-state index is 0.229. The molecular formula is C20H18N6O5. The van der Waals surface area contributed by atoms with Gasteiger partial charge in [-0.1, -0.05) is 12.1 Å². The number of anilines is 1. The second-order valence-electron chi connectivity index (χ2n) is 6.64. The zero-order valence-corrected chi connectivity index (χ0v) is 16.3. The summed E-state index contributed by atoms with van der Waals surface area (Å²) in [5, 5.41) is 15.2. The number of nitrogens with one attached hydrogen (secondary N) is 3. The third-order valence-electron chi connectivity index (χ3n) is 4.64. The molecule has 2 aromatic heterocycles. The molecule has 1 aliphatic rings. The first-order valence-electron chi connectivity index (χ1n) is 9.41. The number of H-pyrrole nitrogens is 1. The molecule has 0 saturated heterocycles. The molecule has 1 aromatic carbocycles. The van der Waals surface area contributed by atoms with Crippen molar-refractivity contribution >= 4 is 40.8 Å². The number of urea groups is 1. The van der Waals surface area contributed by atoms with Gasteiger partial charge in [0.2, 0.25) is 5.91 Å². The van der Waals surface area contributed by atoms with Gasteiger partial charge in [-0.25, -0.2) is 24.5 Å². The number of carbonyl (C=O) groups excluding carboxylic acids is 3. The number of esters is 1. The van der Waals surface area contributed by atoms with Gasteiger partial charge in [-0.15, -0.1) is 0 Å². The Hall–Kier alpha value is -4.12. The lowest BCUT2D eigenvalue weighted by atomic mass is 10.0. The quantitative estimate of drug-likeness (QED) is 0.453. The Morgan fingerprint density at radius 3 is 2.90 bits per heavy atom. The predicted molar refractivity (Wildman–Crippen MR) is 110 cm³/mol. The lowest BCUT2D eigenvalue weighted by molar-refractivity contribution is -0.120. The molecular weight excluding hydrogens is 404 g/mol. The molecule has 31 heavy (non-hydrogen) atoms. The molecule has 0 saturated carbocycles. The molecule has 1 aliphatic heterocycles. The number of amides is 3. The van der Waals surface area contributed by atoms with Gasteiger partial charge in [-0.2, -0.15) is 0 Å². The van der Waals surface area contributed by atoms with Crippen LogP contribution in [0.15, 0.2) is 41.8 Å². The number of aromatic nitrogens is 3. The van der Waals surface area contributed by atoms with Gasteiger partial charge < -0.3 is 25.5 Å². The van der Waals surface area contributed by atoms with Crippen LogP contribution in [0.25, 0.3) is 22.3 Å². The van der Waals surface area contributed by atoms with Gasteiger partial charge in [0, 0.05) is 23.7 Å². The smallest absolute Gasteiger partial charge is 0.342 e. The van der Waals surface area contributed by atoms with Gasteiger partial charge >= 0.3 is 12.0 Å². The number of nitrogens with zero attached hydrogens (tertiary/aromatic N) is 3. The summed E-state index contributed by atoms with van der Waals surface area (Å²) in [6.07, 6.45) is 2.61. The Bertz CT molecular complexity index is 1200. The number of hydrogen-bond donors (Lipinski definition) is 4. The maximum atomic E-state index is 12.5. The van der Waals surface area contributed by atoms with Gasteiger partial charge in [-0.3, -0.25) is 4.79 Å². The van der Waals surface area contributed by atoms with Crippen LogP contribution in [0.3, 0.4) is 0 Å². The summed E-state index contributed by atoms with van der Waals surface area (Å²) in [6, 6.07) is 6.11. The van der Waals surface area contributed by atoms with Crippen molar-refractivity contribution in [3.63, 3.8) is 0 Å². The zero-order chi connectivity index (χ0) is 22.0. The van der Waals surface area contributed by atoms with E-state index >= 15 is 0 Å². The largest absolute Gasteiger partial charge is 0.462 e. The molecule has 0 spiro atoms. The van der Waals surface area contributed by atoms with Crippen molar-refractivity contribution in [2.75, 3.05) is 11.9 Å². The van der Waals surface area contributed by atoms with Crippen LogP contribution in [-0.4, -0.2) is 57.0 Å². The predicted octanol–water partition coefficient (Wildman–Crippen LogP) is 1.47. The summed E-state index contributed by atoms with van der Waals surface area (Å²) >= 11 is 0. The Morgan fingerprint density at radius 1 is 1.29 bits per heavy atom. The number of carbonyl (C=O) groups is 3. The highest BCUT2D eigenvalue weighted by atomic mass is 16.5. The first-order chi connectivity index (χ1) is 15.0. The van der Waals surface area contributed by atoms with E-state index in [1.54, 1.807) is 31.2 Å². The number of aliphatic imine (C=N–C) groups is 1. The number of aliphatic hydroxyl groups is 1. The highest BCUT2D eigenvalue weighted by Crippen LogP contribution is 2.30. The summed E-state index contributed by atoms with van der Waals surface area (Å²) in [5.74, 6) is -2.08. The molecule has 11 heteroatoms. The average Bonchev–Trinajstić information content (AvgIpc) is 3.18. The fourth-order valence-electron chi connectivity index (χ4n) is 3.22. The third-order valence-corrected chi connectivity index (χ3v) is 4.64. The Kier molecular flexibility index (Phi) is 5.41. The summed E-state index contributed by atoms with van der Waals surface area (Å²) in [7, 11) is 0. The molecule has 0 radical (unpaired) electrons. The summed E-state index contributed by atoms with van der Waals surface area (Å²) in [6.45, 7) is 1.95. The minimum atomic E-state index is -1.37. The second kappa shape index (κ2) is 8.32. The van der Waals surface area contributed by atoms with E-state index in [4.69, 9.17) is 4.74 Å². The molecule has 158 valence electrons. The van der Waals surface area contributed by atoms with Crippen molar-refractivity contribution in [1.82, 2.24) is 20.3 Å². The van der Waals surface area contributed by atoms with Crippen LogP contribution in [0.4, 0.5) is 10.5 Å². The summed E-state index contributed by atoms with van der Waals surface area (Å²) in [5.41, 5.74) is 2.32. The van der Waals surface area contributed by atoms with Crippen LogP contribution in [0.2, 0.25) is 0 Å². The van der Waals surface area contributed by atoms with E-state index in [1.165, 1.54) is 12.5 Å². The van der Waals surface area contributed by atoms with E-state index in [-0.39, 0.29) is 6.61 Å². The van der Waals surface area contributed by atoms with Crippen molar-refractivity contribution in [3.8, 4) is 11.3 Å². The molecule has 0 aliphatic carbocycles. The van der Waals surface area contributed by atoms with Crippen LogP contribution < -0.4 is 10.6 Å². The molecule has 4 rings (SSSR count). The van der Waals surface area contributed by atoms with Gasteiger partial charge in [-0.05, 0) is 19.1 Å². The lowest BCUT2D eigenvalue weighted by Crippen LogP contribution is -2.48. The minimum Gasteiger partial charge on any atom is -0.462 e. The lowest BCUT2D eigenvalue weighted by Gasteiger charge is -2.22. The number of ether oxygens (including phenoxy) is 1. The number of benzene rings is 1. The third kappa shape index (κ3) is 3.98. The molecule has 3 amide bonds. The van der Waals surface area contributed by atoms with Crippen LogP contribution in [-0.2, 0) is 9.53 Å². The SMILES string of the molecule is CCOC(=O)c1c[nH]c2ncnc(-c3cccc(NC(=O)C4C=NC(=O)NC4O)c3)c12. The average molecular weight is 422 g/mol. The van der Waals surface area contributed by atoms with Crippen molar-refractivity contribution in [3.05, 3.63) is 42.4 Å². The fourth-order valence-corrected chi connectivity index (χ4v) is 3.22. The van der Waals surface area contributed by atoms with Crippen molar-refractivity contribution < 1.29 is 24.2 Å². The highest BCUT2D eigenvalue weighted by Gasteiger charge is 2.30. The van der Waals surface area contributed by atoms with Crippen molar-refractivity contribution in [1.29, 1.82) is 0 Å². The maximum Gasteiger partial charge on any atom is 0.342 e. The molecule has 3 heterocycles. The molecule has 0 bridgehead atoms. The van der Waals surface area contributed by atoms with E-state index in [0.717, 1.165) is 6.21 Å². The molecule has 2 unspecified atom stereocenters. The van der Waals surface area contributed by atoms with E-state index in [1.807, 2.05) is 0 Å². The van der Waals surface area contributed by atoms with Gasteiger partial charge in [0.15, 0.2) is 0 Å². The summed E-state index contributed by atoms with van der Waals surface area (Å²) < 4.78 is 5.11. The van der Waals surface area contributed by atoms with Crippen LogP contribution in [0.1, 0.15) is 17.3 Å². The monoisotopic (exact) mass is 422 g/mol. The van der Waals surface area contributed by atoms with Gasteiger partial charge in [0.1, 0.15) is 24.1 Å². The van der Waals surface area contributed by atoms with Crippen molar-refractivity contribution in [2.24, 2.45) is 10.9 Å². The molecule has 2 atom stereocenters. The topological polar surface area (TPSA) is 159 Å². The van der Waals surface area contributed by atoms with Crippen LogP contribution in [0.5, 0.6) is 0 Å². The van der Waals surface area contributed by atoms with Crippen LogP contribution >= 0.6 is 0 Å². The van der Waals surface area contributed by atoms with Crippen molar-refractivity contribution in [2.45, 2.75) is 13.2 Å². The molecule has 11 nitrogen and oxygen atoms in total. The Balaban J connectivity index is 1.66. The second-order valence-corrected chi connectivity index (χ2v) is 6.64. The molecule has 3 aromatic rings. The Labute approximate surface area is 175 Å².